The molecule has 3 unspecified atom stereocenters. The molecule has 3 atom stereocenters. The molecule has 0 fully saturated rings. The van der Waals surface area contributed by atoms with E-state index in [0.717, 1.165) is 34.6 Å². The van der Waals surface area contributed by atoms with Crippen LogP contribution in [-0.2, 0) is 25.6 Å². The zero-order valence-corrected chi connectivity index (χ0v) is 18.8. The Morgan fingerprint density at radius 2 is 1.63 bits per heavy atom. The van der Waals surface area contributed by atoms with Gasteiger partial charge in [-0.3, -0.25) is 4.79 Å². The number of imidazole rings is 1. The van der Waals surface area contributed by atoms with Gasteiger partial charge in [-0.2, -0.15) is 0 Å². The van der Waals surface area contributed by atoms with E-state index in [1.165, 1.54) is 0 Å². The molecular formula is C27H21N3O5. The number of Topliss-reactive ketones (excluding diaryl/α,β-unsaturated/α-hetero) is 1. The van der Waals surface area contributed by atoms with Crippen molar-refractivity contribution in [2.24, 2.45) is 5.92 Å². The van der Waals surface area contributed by atoms with Crippen LogP contribution in [0.2, 0.25) is 0 Å². The average molecular weight is 467 g/mol. The summed E-state index contributed by atoms with van der Waals surface area (Å²) >= 11 is 0. The fraction of sp³-hybridized carbons (Fsp3) is 0.185. The minimum atomic E-state index is -1.01. The van der Waals surface area contributed by atoms with Gasteiger partial charge in [0.05, 0.1) is 22.7 Å². The van der Waals surface area contributed by atoms with Gasteiger partial charge in [-0.15, -0.1) is 0 Å². The molecule has 0 N–H and O–H groups in total. The van der Waals surface area contributed by atoms with Crippen molar-refractivity contribution in [3.63, 3.8) is 0 Å². The van der Waals surface area contributed by atoms with E-state index in [1.807, 2.05) is 70.7 Å². The molecule has 2 aromatic heterocycles. The Balaban J connectivity index is 1.64. The predicted octanol–water partition coefficient (Wildman–Crippen LogP) is 3.71. The van der Waals surface area contributed by atoms with Gasteiger partial charge in [-0.05, 0) is 25.1 Å². The van der Waals surface area contributed by atoms with Crippen molar-refractivity contribution in [1.82, 2.24) is 14.1 Å². The number of nitrogens with zero attached hydrogens (tertiary/aromatic N) is 3. The number of ketones is 1. The molecule has 0 amide bonds. The summed E-state index contributed by atoms with van der Waals surface area (Å²) in [5, 5.41) is 0.752. The Morgan fingerprint density at radius 1 is 0.914 bits per heavy atom. The lowest BCUT2D eigenvalue weighted by Crippen LogP contribution is -2.46. The monoisotopic (exact) mass is 467 g/mol. The number of benzene rings is 2. The van der Waals surface area contributed by atoms with Gasteiger partial charge in [0.2, 0.25) is 0 Å². The smallest absolute Gasteiger partial charge is 0.331 e. The number of carbonyl (C=O) groups excluding carboxylic acids is 3. The maximum absolute atomic E-state index is 14.2. The molecule has 0 saturated heterocycles. The molecule has 174 valence electrons. The van der Waals surface area contributed by atoms with Gasteiger partial charge >= 0.3 is 11.9 Å². The third-order valence-corrected chi connectivity index (χ3v) is 6.64. The van der Waals surface area contributed by atoms with Gasteiger partial charge in [-0.1, -0.05) is 36.4 Å². The molecule has 1 aliphatic carbocycles. The molecule has 6 rings (SSSR count). The highest BCUT2D eigenvalue weighted by atomic mass is 16.6. The third kappa shape index (κ3) is 3.37. The lowest BCUT2D eigenvalue weighted by Gasteiger charge is -2.37. The third-order valence-electron chi connectivity index (χ3n) is 6.64. The normalized spacial score (nSPS) is 22.5. The topological polar surface area (TPSA) is 92.4 Å². The number of hydrogen-bond acceptors (Lipinski definition) is 6. The molecule has 8 nitrogen and oxygen atoms in total. The van der Waals surface area contributed by atoms with E-state index in [1.54, 1.807) is 12.4 Å². The summed E-state index contributed by atoms with van der Waals surface area (Å²) in [5.74, 6) is -1.59. The molecule has 4 aromatic rings. The fourth-order valence-electron chi connectivity index (χ4n) is 5.08. The van der Waals surface area contributed by atoms with Crippen LogP contribution in [0, 0.1) is 12.8 Å². The number of esters is 2. The van der Waals surface area contributed by atoms with E-state index in [0.29, 0.717) is 11.3 Å². The Kier molecular flexibility index (Phi) is 4.88. The van der Waals surface area contributed by atoms with Crippen LogP contribution >= 0.6 is 0 Å². The predicted molar refractivity (Wildman–Crippen MR) is 126 cm³/mol. The largest absolute Gasteiger partial charge is 0.454 e. The molecule has 0 saturated carbocycles. The van der Waals surface area contributed by atoms with Crippen LogP contribution < -0.4 is 0 Å². The van der Waals surface area contributed by atoms with E-state index in [-0.39, 0.29) is 12.3 Å². The van der Waals surface area contributed by atoms with Crippen molar-refractivity contribution in [3.05, 3.63) is 96.2 Å². The van der Waals surface area contributed by atoms with Gasteiger partial charge < -0.3 is 18.6 Å². The first kappa shape index (κ1) is 21.1. The number of carbonyl (C=O) groups is 3. The second kappa shape index (κ2) is 8.09. The van der Waals surface area contributed by atoms with E-state index in [4.69, 9.17) is 9.47 Å². The second-order valence-corrected chi connectivity index (χ2v) is 8.64. The summed E-state index contributed by atoms with van der Waals surface area (Å²) in [6.45, 7) is 2.06. The first-order valence-corrected chi connectivity index (χ1v) is 11.3. The van der Waals surface area contributed by atoms with Gasteiger partial charge in [0.15, 0.2) is 18.0 Å². The van der Waals surface area contributed by atoms with Crippen LogP contribution in [-0.4, -0.2) is 37.9 Å². The van der Waals surface area contributed by atoms with Gasteiger partial charge in [0, 0.05) is 42.2 Å². The van der Waals surface area contributed by atoms with Crippen molar-refractivity contribution in [1.29, 1.82) is 0 Å². The number of rotatable bonds is 3. The summed E-state index contributed by atoms with van der Waals surface area (Å²) in [5.41, 5.74) is 2.58. The lowest BCUT2D eigenvalue weighted by molar-refractivity contribution is -0.169. The van der Waals surface area contributed by atoms with E-state index in [9.17, 15) is 14.4 Å². The van der Waals surface area contributed by atoms with E-state index >= 15 is 0 Å². The standard InChI is InChI=1S/C27H21N3O5/c1-16-28-13-14-29(16)15-19-25(33)23-18-9-5-6-10-20(18)30(17-7-3-2-4-8-17)24(23)27-26(19)34-21(31)11-12-22(32)35-27/h2-14,19,26-27H,15H2,1H3/b12-11-. The van der Waals surface area contributed by atoms with E-state index in [2.05, 4.69) is 4.98 Å². The summed E-state index contributed by atoms with van der Waals surface area (Å²) in [6, 6.07) is 17.1. The minimum Gasteiger partial charge on any atom is -0.454 e. The van der Waals surface area contributed by atoms with Crippen molar-refractivity contribution in [2.75, 3.05) is 0 Å². The first-order valence-electron chi connectivity index (χ1n) is 11.3. The highest BCUT2D eigenvalue weighted by Gasteiger charge is 2.50. The molecule has 0 spiro atoms. The summed E-state index contributed by atoms with van der Waals surface area (Å²) < 4.78 is 15.4. The molecular weight excluding hydrogens is 446 g/mol. The minimum absolute atomic E-state index is 0.173. The van der Waals surface area contributed by atoms with E-state index < -0.39 is 30.1 Å². The fourth-order valence-corrected chi connectivity index (χ4v) is 5.08. The highest BCUT2D eigenvalue weighted by molar-refractivity contribution is 6.12. The molecule has 35 heavy (non-hydrogen) atoms. The Morgan fingerprint density at radius 3 is 2.37 bits per heavy atom. The lowest BCUT2D eigenvalue weighted by atomic mass is 9.80. The number of fused-ring (bicyclic) bond motifs is 5. The number of para-hydroxylation sites is 2. The number of aryl methyl sites for hydroxylation is 1. The molecule has 1 aliphatic heterocycles. The second-order valence-electron chi connectivity index (χ2n) is 8.64. The molecule has 2 aliphatic rings. The van der Waals surface area contributed by atoms with Crippen LogP contribution in [0.1, 0.15) is 28.0 Å². The van der Waals surface area contributed by atoms with Crippen LogP contribution in [0.5, 0.6) is 0 Å². The van der Waals surface area contributed by atoms with Gasteiger partial charge in [0.25, 0.3) is 0 Å². The zero-order chi connectivity index (χ0) is 24.1. The van der Waals surface area contributed by atoms with Crippen molar-refractivity contribution < 1.29 is 23.9 Å². The van der Waals surface area contributed by atoms with Gasteiger partial charge in [0.1, 0.15) is 5.82 Å². The first-order chi connectivity index (χ1) is 17.0. The SMILES string of the molecule is Cc1nccn1CC1C(=O)c2c(n(-c3ccccc3)c3ccccc23)C2OC(=O)/C=C\C(=O)OC12. The Labute approximate surface area is 200 Å². The summed E-state index contributed by atoms with van der Waals surface area (Å²) in [4.78, 5) is 43.6. The van der Waals surface area contributed by atoms with Crippen LogP contribution in [0.25, 0.3) is 16.6 Å². The highest BCUT2D eigenvalue weighted by Crippen LogP contribution is 2.45. The number of ether oxygens (including phenoxy) is 2. The number of aromatic nitrogens is 3. The van der Waals surface area contributed by atoms with Crippen molar-refractivity contribution >= 4 is 28.6 Å². The Hall–Kier alpha value is -4.46. The maximum Gasteiger partial charge on any atom is 0.331 e. The molecule has 8 heteroatoms. The molecule has 3 heterocycles. The molecule has 0 bridgehead atoms. The quantitative estimate of drug-likeness (QED) is 0.427. The van der Waals surface area contributed by atoms with Crippen molar-refractivity contribution in [3.8, 4) is 5.69 Å². The number of hydrogen-bond donors (Lipinski definition) is 0. The van der Waals surface area contributed by atoms with Gasteiger partial charge in [-0.25, -0.2) is 14.6 Å². The van der Waals surface area contributed by atoms with Crippen LogP contribution in [0.3, 0.4) is 0 Å². The zero-order valence-electron chi connectivity index (χ0n) is 18.8. The summed E-state index contributed by atoms with van der Waals surface area (Å²) in [7, 11) is 0. The summed E-state index contributed by atoms with van der Waals surface area (Å²) in [6.07, 6.45) is 3.52. The van der Waals surface area contributed by atoms with Crippen molar-refractivity contribution in [2.45, 2.75) is 25.7 Å². The molecule has 0 radical (unpaired) electrons. The molecule has 2 aromatic carbocycles. The van der Waals surface area contributed by atoms with Crippen LogP contribution in [0.15, 0.2) is 79.1 Å². The average Bonchev–Trinajstić information content (AvgIpc) is 3.43. The van der Waals surface area contributed by atoms with Crippen LogP contribution in [0.4, 0.5) is 0 Å². The Bertz CT molecular complexity index is 1510. The maximum atomic E-state index is 14.2.